The average molecular weight is 421 g/mol. The molecule has 1 aromatic carbocycles. The zero-order chi connectivity index (χ0) is 17.8. The second-order valence-corrected chi connectivity index (χ2v) is 7.64. The molecule has 0 unspecified atom stereocenters. The van der Waals surface area contributed by atoms with Crippen molar-refractivity contribution < 1.29 is 4.42 Å². The van der Waals surface area contributed by atoms with E-state index >= 15 is 0 Å². The van der Waals surface area contributed by atoms with Crippen LogP contribution in [0, 0.1) is 13.8 Å². The molecule has 0 bridgehead atoms. The van der Waals surface area contributed by atoms with Crippen molar-refractivity contribution in [1.29, 1.82) is 0 Å². The summed E-state index contributed by atoms with van der Waals surface area (Å²) in [5.74, 6) is 1.75. The number of unbranched alkanes of at least 4 members (excludes halogenated alkanes) is 1. The quantitative estimate of drug-likeness (QED) is 0.478. The molecule has 0 radical (unpaired) electrons. The summed E-state index contributed by atoms with van der Waals surface area (Å²) in [4.78, 5) is 4.69. The molecule has 0 aliphatic rings. The van der Waals surface area contributed by atoms with Gasteiger partial charge in [0.05, 0.1) is 17.0 Å². The average Bonchev–Trinajstić information content (AvgIpc) is 3.17. The molecule has 2 heterocycles. The zero-order valence-electron chi connectivity index (χ0n) is 14.6. The summed E-state index contributed by atoms with van der Waals surface area (Å²) in [5, 5.41) is 9.36. The van der Waals surface area contributed by atoms with Crippen molar-refractivity contribution in [1.82, 2.24) is 19.7 Å². The van der Waals surface area contributed by atoms with E-state index in [9.17, 15) is 0 Å². The highest BCUT2D eigenvalue weighted by Gasteiger charge is 2.15. The van der Waals surface area contributed by atoms with E-state index in [0.29, 0.717) is 17.5 Å². The van der Waals surface area contributed by atoms with Crippen LogP contribution in [0.5, 0.6) is 0 Å². The summed E-state index contributed by atoms with van der Waals surface area (Å²) in [7, 11) is 0. The van der Waals surface area contributed by atoms with E-state index in [1.165, 1.54) is 12.1 Å². The van der Waals surface area contributed by atoms with Gasteiger partial charge in [0.2, 0.25) is 11.8 Å². The molecular formula is C18H21BrN4OS. The molecule has 0 N–H and O–H groups in total. The predicted octanol–water partition coefficient (Wildman–Crippen LogP) is 5.40. The van der Waals surface area contributed by atoms with Gasteiger partial charge in [0.25, 0.3) is 0 Å². The maximum atomic E-state index is 5.82. The molecule has 0 saturated carbocycles. The van der Waals surface area contributed by atoms with Gasteiger partial charge in [-0.15, -0.1) is 10.2 Å². The van der Waals surface area contributed by atoms with Crippen molar-refractivity contribution in [3.8, 4) is 11.5 Å². The number of benzene rings is 1. The molecule has 0 spiro atoms. The summed E-state index contributed by atoms with van der Waals surface area (Å²) in [5.41, 5.74) is 3.22. The van der Waals surface area contributed by atoms with Crippen LogP contribution in [0.15, 0.2) is 38.3 Å². The minimum Gasteiger partial charge on any atom is -0.420 e. The van der Waals surface area contributed by atoms with Crippen molar-refractivity contribution in [2.75, 3.05) is 0 Å². The van der Waals surface area contributed by atoms with Gasteiger partial charge in [-0.05, 0) is 48.3 Å². The molecule has 0 atom stereocenters. The van der Waals surface area contributed by atoms with E-state index in [1.807, 2.05) is 24.3 Å². The fraction of sp³-hybridized carbons (Fsp3) is 0.389. The molecule has 0 fully saturated rings. The zero-order valence-corrected chi connectivity index (χ0v) is 17.0. The Morgan fingerprint density at radius 1 is 1.20 bits per heavy atom. The fourth-order valence-electron chi connectivity index (χ4n) is 2.49. The topological polar surface area (TPSA) is 56.7 Å². The molecule has 2 aromatic heterocycles. The van der Waals surface area contributed by atoms with E-state index in [1.54, 1.807) is 11.8 Å². The molecule has 3 aromatic rings. The molecule has 132 valence electrons. The lowest BCUT2D eigenvalue weighted by atomic mass is 10.2. The molecule has 3 rings (SSSR count). The Labute approximate surface area is 160 Å². The van der Waals surface area contributed by atoms with E-state index in [4.69, 9.17) is 4.42 Å². The van der Waals surface area contributed by atoms with Crippen LogP contribution >= 0.6 is 27.7 Å². The third-order valence-electron chi connectivity index (χ3n) is 4.05. The Morgan fingerprint density at radius 3 is 2.76 bits per heavy atom. The number of aryl methyl sites for hydroxylation is 1. The van der Waals surface area contributed by atoms with Gasteiger partial charge < -0.3 is 8.98 Å². The van der Waals surface area contributed by atoms with Crippen molar-refractivity contribution >= 4 is 27.7 Å². The number of aromatic nitrogens is 4. The third kappa shape index (κ3) is 4.15. The van der Waals surface area contributed by atoms with Gasteiger partial charge in [0.15, 0.2) is 5.16 Å². The van der Waals surface area contributed by atoms with Gasteiger partial charge in [-0.2, -0.15) is 0 Å². The van der Waals surface area contributed by atoms with Crippen LogP contribution in [0.25, 0.3) is 11.5 Å². The van der Waals surface area contributed by atoms with Gasteiger partial charge in [-0.25, -0.2) is 4.98 Å². The highest BCUT2D eigenvalue weighted by Crippen LogP contribution is 2.29. The summed E-state index contributed by atoms with van der Waals surface area (Å²) < 4.78 is 9.05. The lowest BCUT2D eigenvalue weighted by Crippen LogP contribution is -2.02. The predicted molar refractivity (Wildman–Crippen MR) is 104 cm³/mol. The first-order chi connectivity index (χ1) is 12.1. The third-order valence-corrected chi connectivity index (χ3v) is 5.71. The molecule has 0 aliphatic carbocycles. The minimum atomic E-state index is 0.532. The van der Waals surface area contributed by atoms with Crippen LogP contribution < -0.4 is 0 Å². The lowest BCUT2D eigenvalue weighted by Gasteiger charge is -2.08. The van der Waals surface area contributed by atoms with Crippen LogP contribution in [0.3, 0.4) is 0 Å². The maximum absolute atomic E-state index is 5.82. The van der Waals surface area contributed by atoms with Crippen molar-refractivity contribution in [3.63, 3.8) is 0 Å². The molecular weight excluding hydrogens is 400 g/mol. The Kier molecular flexibility index (Phi) is 5.96. The second-order valence-electron chi connectivity index (χ2n) is 5.84. The Morgan fingerprint density at radius 2 is 2.00 bits per heavy atom. The number of imidazole rings is 1. The van der Waals surface area contributed by atoms with Crippen molar-refractivity contribution in [2.24, 2.45) is 0 Å². The van der Waals surface area contributed by atoms with Gasteiger partial charge in [-0.1, -0.05) is 37.2 Å². The standard InChI is InChI=1S/C18H21BrN4OS/c1-4-5-10-23-13(3)12(2)20-18(23)25-11-16-21-22-17(24-16)14-8-6-7-9-15(14)19/h6-9H,4-5,10-11H2,1-3H3. The first-order valence-corrected chi connectivity index (χ1v) is 10.1. The van der Waals surface area contributed by atoms with E-state index in [2.05, 4.69) is 56.4 Å². The molecule has 0 aliphatic heterocycles. The summed E-state index contributed by atoms with van der Waals surface area (Å²) >= 11 is 5.16. The van der Waals surface area contributed by atoms with Crippen molar-refractivity contribution in [3.05, 3.63) is 46.0 Å². The molecule has 25 heavy (non-hydrogen) atoms. The van der Waals surface area contributed by atoms with Crippen LogP contribution in [0.2, 0.25) is 0 Å². The van der Waals surface area contributed by atoms with E-state index in [-0.39, 0.29) is 0 Å². The molecule has 0 saturated heterocycles. The van der Waals surface area contributed by atoms with Gasteiger partial charge >= 0.3 is 0 Å². The Bertz CT molecular complexity index is 859. The molecule has 5 nitrogen and oxygen atoms in total. The highest BCUT2D eigenvalue weighted by molar-refractivity contribution is 9.10. The summed E-state index contributed by atoms with van der Waals surface area (Å²) in [6, 6.07) is 7.83. The fourth-order valence-corrected chi connectivity index (χ4v) is 3.90. The second kappa shape index (κ2) is 8.19. The number of halogens is 1. The highest BCUT2D eigenvalue weighted by atomic mass is 79.9. The normalized spacial score (nSPS) is 11.2. The summed E-state index contributed by atoms with van der Waals surface area (Å²) in [6.07, 6.45) is 2.32. The van der Waals surface area contributed by atoms with E-state index < -0.39 is 0 Å². The van der Waals surface area contributed by atoms with Crippen LogP contribution in [-0.4, -0.2) is 19.7 Å². The summed E-state index contributed by atoms with van der Waals surface area (Å²) in [6.45, 7) is 7.38. The number of thioether (sulfide) groups is 1. The number of rotatable bonds is 7. The smallest absolute Gasteiger partial charge is 0.248 e. The molecule has 0 amide bonds. The van der Waals surface area contributed by atoms with E-state index in [0.717, 1.165) is 33.9 Å². The number of hydrogen-bond acceptors (Lipinski definition) is 5. The van der Waals surface area contributed by atoms with Gasteiger partial charge in [-0.3, -0.25) is 0 Å². The molecule has 7 heteroatoms. The maximum Gasteiger partial charge on any atom is 0.248 e. The first-order valence-electron chi connectivity index (χ1n) is 8.34. The number of hydrogen-bond donors (Lipinski definition) is 0. The lowest BCUT2D eigenvalue weighted by molar-refractivity contribution is 0.527. The monoisotopic (exact) mass is 420 g/mol. The SMILES string of the molecule is CCCCn1c(SCc2nnc(-c3ccccc3Br)o2)nc(C)c1C. The first kappa shape index (κ1) is 18.2. The number of nitrogens with zero attached hydrogens (tertiary/aromatic N) is 4. The Balaban J connectivity index is 1.73. The van der Waals surface area contributed by atoms with Crippen molar-refractivity contribution in [2.45, 2.75) is 51.1 Å². The van der Waals surface area contributed by atoms with Crippen LogP contribution in [0.4, 0.5) is 0 Å². The van der Waals surface area contributed by atoms with Gasteiger partial charge in [0.1, 0.15) is 0 Å². The van der Waals surface area contributed by atoms with Crippen LogP contribution in [-0.2, 0) is 12.3 Å². The largest absolute Gasteiger partial charge is 0.420 e. The Hall–Kier alpha value is -1.60. The minimum absolute atomic E-state index is 0.532. The van der Waals surface area contributed by atoms with Gasteiger partial charge in [0, 0.05) is 16.7 Å². The van der Waals surface area contributed by atoms with Crippen LogP contribution in [0.1, 0.15) is 37.0 Å².